The Bertz CT molecular complexity index is 325. The highest BCUT2D eigenvalue weighted by Crippen LogP contribution is 2.13. The molecule has 0 atom stereocenters. The van der Waals surface area contributed by atoms with E-state index < -0.39 is 12.8 Å². The predicted molar refractivity (Wildman–Crippen MR) is 56.5 cm³/mol. The molecule has 0 saturated heterocycles. The molecule has 0 unspecified atom stereocenters. The lowest BCUT2D eigenvalue weighted by molar-refractivity contribution is -0.173. The van der Waals surface area contributed by atoms with Gasteiger partial charge in [-0.1, -0.05) is 0 Å². The summed E-state index contributed by atoms with van der Waals surface area (Å²) in [5.74, 6) is 0. The molecule has 1 rings (SSSR count). The first-order valence-corrected chi connectivity index (χ1v) is 5.39. The van der Waals surface area contributed by atoms with Gasteiger partial charge in [-0.3, -0.25) is 4.68 Å². The first-order chi connectivity index (χ1) is 8.03. The van der Waals surface area contributed by atoms with Gasteiger partial charge in [-0.25, -0.2) is 0 Å². The van der Waals surface area contributed by atoms with Crippen LogP contribution in [0.25, 0.3) is 0 Å². The Kier molecular flexibility index (Phi) is 5.43. The minimum absolute atomic E-state index is 0.0414. The maximum atomic E-state index is 11.7. The van der Waals surface area contributed by atoms with Crippen molar-refractivity contribution in [3.05, 3.63) is 18.0 Å². The van der Waals surface area contributed by atoms with Gasteiger partial charge >= 0.3 is 6.18 Å². The molecule has 1 aromatic heterocycles. The highest BCUT2D eigenvalue weighted by atomic mass is 19.4. The van der Waals surface area contributed by atoms with E-state index in [0.29, 0.717) is 13.1 Å². The van der Waals surface area contributed by atoms with Crippen LogP contribution in [0.5, 0.6) is 0 Å². The number of ether oxygens (including phenoxy) is 1. The van der Waals surface area contributed by atoms with Crippen LogP contribution < -0.4 is 5.32 Å². The van der Waals surface area contributed by atoms with Gasteiger partial charge in [0.1, 0.15) is 6.61 Å². The Balaban J connectivity index is 2.09. The van der Waals surface area contributed by atoms with Crippen LogP contribution in [0.4, 0.5) is 13.2 Å². The number of hydrogen-bond acceptors (Lipinski definition) is 3. The van der Waals surface area contributed by atoms with E-state index in [-0.39, 0.29) is 6.61 Å². The molecule has 1 N–H and O–H groups in total. The smallest absolute Gasteiger partial charge is 0.371 e. The molecular weight excluding hydrogens is 235 g/mol. The fourth-order valence-corrected chi connectivity index (χ4v) is 1.34. The Morgan fingerprint density at radius 2 is 2.24 bits per heavy atom. The van der Waals surface area contributed by atoms with Crippen LogP contribution in [-0.2, 0) is 17.8 Å². The highest BCUT2D eigenvalue weighted by molar-refractivity contribution is 4.99. The summed E-state index contributed by atoms with van der Waals surface area (Å²) in [6, 6.07) is 1.87. The number of hydrogen-bond donors (Lipinski definition) is 1. The molecule has 0 fully saturated rings. The number of aromatic nitrogens is 2. The molecule has 0 saturated carbocycles. The van der Waals surface area contributed by atoms with Gasteiger partial charge in [0.2, 0.25) is 0 Å². The van der Waals surface area contributed by atoms with Crippen molar-refractivity contribution in [2.45, 2.75) is 26.2 Å². The molecule has 0 amide bonds. The van der Waals surface area contributed by atoms with Crippen molar-refractivity contribution in [2.75, 3.05) is 19.8 Å². The Morgan fingerprint density at radius 1 is 1.47 bits per heavy atom. The van der Waals surface area contributed by atoms with Crippen molar-refractivity contribution in [3.8, 4) is 0 Å². The minimum atomic E-state index is -4.25. The van der Waals surface area contributed by atoms with Crippen LogP contribution in [0.1, 0.15) is 12.6 Å². The minimum Gasteiger partial charge on any atom is -0.371 e. The first-order valence-electron chi connectivity index (χ1n) is 5.39. The molecule has 1 heterocycles. The second-order valence-electron chi connectivity index (χ2n) is 3.48. The van der Waals surface area contributed by atoms with E-state index in [0.717, 1.165) is 12.2 Å². The first kappa shape index (κ1) is 14.0. The Hall–Kier alpha value is -1.08. The van der Waals surface area contributed by atoms with Gasteiger partial charge in [-0.15, -0.1) is 0 Å². The number of nitrogens with zero attached hydrogens (tertiary/aromatic N) is 2. The van der Waals surface area contributed by atoms with E-state index in [1.54, 1.807) is 6.20 Å². The van der Waals surface area contributed by atoms with Crippen LogP contribution in [0.3, 0.4) is 0 Å². The van der Waals surface area contributed by atoms with E-state index in [2.05, 4.69) is 15.2 Å². The summed E-state index contributed by atoms with van der Waals surface area (Å²) in [5.41, 5.74) is 1.00. The largest absolute Gasteiger partial charge is 0.411 e. The molecule has 0 radical (unpaired) electrons. The fraction of sp³-hybridized carbons (Fsp3) is 0.700. The van der Waals surface area contributed by atoms with Gasteiger partial charge in [-0.05, 0) is 13.0 Å². The standard InChI is InChI=1S/C10H16F3N3O/c1-2-16-9(3-4-15-16)7-14-5-6-17-8-10(11,12)13/h3-4,14H,2,5-8H2,1H3. The Morgan fingerprint density at radius 3 is 2.88 bits per heavy atom. The van der Waals surface area contributed by atoms with Gasteiger partial charge in [0.15, 0.2) is 0 Å². The van der Waals surface area contributed by atoms with Crippen LogP contribution in [-0.4, -0.2) is 35.7 Å². The second-order valence-corrected chi connectivity index (χ2v) is 3.48. The lowest BCUT2D eigenvalue weighted by Crippen LogP contribution is -2.24. The average Bonchev–Trinajstić information content (AvgIpc) is 2.69. The SMILES string of the molecule is CCn1nccc1CNCCOCC(F)(F)F. The predicted octanol–water partition coefficient (Wildman–Crippen LogP) is 1.57. The molecule has 0 bridgehead atoms. The van der Waals surface area contributed by atoms with Gasteiger partial charge in [-0.2, -0.15) is 18.3 Å². The summed E-state index contributed by atoms with van der Waals surface area (Å²) in [6.07, 6.45) is -2.55. The zero-order valence-corrected chi connectivity index (χ0v) is 9.63. The maximum Gasteiger partial charge on any atom is 0.411 e. The van der Waals surface area contributed by atoms with Crippen molar-refractivity contribution in [1.29, 1.82) is 0 Å². The maximum absolute atomic E-state index is 11.7. The van der Waals surface area contributed by atoms with Crippen molar-refractivity contribution in [3.63, 3.8) is 0 Å². The zero-order chi connectivity index (χ0) is 12.7. The number of aryl methyl sites for hydroxylation is 1. The van der Waals surface area contributed by atoms with E-state index in [1.807, 2.05) is 17.7 Å². The molecular formula is C10H16F3N3O. The zero-order valence-electron chi connectivity index (χ0n) is 9.63. The van der Waals surface area contributed by atoms with Crippen LogP contribution >= 0.6 is 0 Å². The Labute approximate surface area is 97.8 Å². The van der Waals surface area contributed by atoms with E-state index in [9.17, 15) is 13.2 Å². The number of alkyl halides is 3. The van der Waals surface area contributed by atoms with Gasteiger partial charge in [0.05, 0.1) is 12.3 Å². The van der Waals surface area contributed by atoms with Crippen LogP contribution in [0.2, 0.25) is 0 Å². The lowest BCUT2D eigenvalue weighted by Gasteiger charge is -2.09. The van der Waals surface area contributed by atoms with E-state index >= 15 is 0 Å². The summed E-state index contributed by atoms with van der Waals surface area (Å²) >= 11 is 0. The summed E-state index contributed by atoms with van der Waals surface area (Å²) < 4.78 is 41.5. The van der Waals surface area contributed by atoms with Crippen molar-refractivity contribution >= 4 is 0 Å². The highest BCUT2D eigenvalue weighted by Gasteiger charge is 2.27. The van der Waals surface area contributed by atoms with E-state index in [4.69, 9.17) is 0 Å². The molecule has 0 aromatic carbocycles. The van der Waals surface area contributed by atoms with E-state index in [1.165, 1.54) is 0 Å². The monoisotopic (exact) mass is 251 g/mol. The fourth-order valence-electron chi connectivity index (χ4n) is 1.34. The second kappa shape index (κ2) is 6.61. The average molecular weight is 251 g/mol. The quantitative estimate of drug-likeness (QED) is 0.748. The summed E-state index contributed by atoms with van der Waals surface area (Å²) in [6.45, 7) is 2.55. The molecule has 7 heteroatoms. The third kappa shape index (κ3) is 5.69. The number of rotatable bonds is 7. The third-order valence-corrected chi connectivity index (χ3v) is 2.10. The normalized spacial score (nSPS) is 12.0. The van der Waals surface area contributed by atoms with Gasteiger partial charge < -0.3 is 10.1 Å². The molecule has 4 nitrogen and oxygen atoms in total. The molecule has 0 spiro atoms. The molecule has 17 heavy (non-hydrogen) atoms. The molecule has 0 aliphatic rings. The molecule has 98 valence electrons. The number of halogens is 3. The van der Waals surface area contributed by atoms with Gasteiger partial charge in [0, 0.05) is 25.8 Å². The topological polar surface area (TPSA) is 39.1 Å². The summed E-state index contributed by atoms with van der Waals surface area (Å²) in [5, 5.41) is 7.07. The van der Waals surface area contributed by atoms with Crippen molar-refractivity contribution in [2.24, 2.45) is 0 Å². The van der Waals surface area contributed by atoms with Crippen LogP contribution in [0, 0.1) is 0 Å². The number of nitrogens with one attached hydrogen (secondary N) is 1. The summed E-state index contributed by atoms with van der Waals surface area (Å²) in [4.78, 5) is 0. The van der Waals surface area contributed by atoms with Crippen molar-refractivity contribution < 1.29 is 17.9 Å². The van der Waals surface area contributed by atoms with Crippen molar-refractivity contribution in [1.82, 2.24) is 15.1 Å². The summed E-state index contributed by atoms with van der Waals surface area (Å²) in [7, 11) is 0. The lowest BCUT2D eigenvalue weighted by atomic mass is 10.4. The molecule has 0 aliphatic carbocycles. The van der Waals surface area contributed by atoms with Crippen LogP contribution in [0.15, 0.2) is 12.3 Å². The molecule has 0 aliphatic heterocycles. The molecule has 1 aromatic rings. The third-order valence-electron chi connectivity index (χ3n) is 2.10. The van der Waals surface area contributed by atoms with Gasteiger partial charge in [0.25, 0.3) is 0 Å².